The van der Waals surface area contributed by atoms with Crippen LogP contribution in [0.15, 0.2) is 24.3 Å². The van der Waals surface area contributed by atoms with E-state index in [1.807, 2.05) is 34.6 Å². The molecule has 0 bridgehead atoms. The molecule has 25 heavy (non-hydrogen) atoms. The van der Waals surface area contributed by atoms with Crippen molar-refractivity contribution < 1.29 is 23.8 Å². The lowest BCUT2D eigenvalue weighted by Gasteiger charge is -2.36. The van der Waals surface area contributed by atoms with Crippen LogP contribution in [0.4, 0.5) is 0 Å². The Kier molecular flexibility index (Phi) is 5.98. The Balaban J connectivity index is 2.00. The normalized spacial score (nSPS) is 15.0. The van der Waals surface area contributed by atoms with Crippen LogP contribution in [0.3, 0.4) is 0 Å². The van der Waals surface area contributed by atoms with Crippen molar-refractivity contribution in [1.82, 2.24) is 4.90 Å². The molecular weight excluding hydrogens is 322 g/mol. The molecule has 0 aromatic heterocycles. The first-order valence-corrected chi connectivity index (χ1v) is 8.47. The van der Waals surface area contributed by atoms with Gasteiger partial charge in [-0.1, -0.05) is 12.1 Å². The van der Waals surface area contributed by atoms with E-state index in [0.29, 0.717) is 24.3 Å². The first-order chi connectivity index (χ1) is 11.7. The molecule has 0 saturated heterocycles. The molecule has 1 aliphatic heterocycles. The van der Waals surface area contributed by atoms with Crippen molar-refractivity contribution in [3.05, 3.63) is 35.4 Å². The fourth-order valence-electron chi connectivity index (χ4n) is 2.65. The van der Waals surface area contributed by atoms with E-state index in [0.717, 1.165) is 0 Å². The van der Waals surface area contributed by atoms with Gasteiger partial charge in [0.1, 0.15) is 6.79 Å². The number of benzene rings is 1. The maximum absolute atomic E-state index is 12.6. The topological polar surface area (TPSA) is 65.1 Å². The number of imide groups is 1. The predicted octanol–water partition coefficient (Wildman–Crippen LogP) is 2.87. The average Bonchev–Trinajstić information content (AvgIpc) is 2.82. The van der Waals surface area contributed by atoms with Gasteiger partial charge in [-0.25, -0.2) is 0 Å². The van der Waals surface area contributed by atoms with Crippen LogP contribution < -0.4 is 0 Å². The van der Waals surface area contributed by atoms with Crippen LogP contribution in [0.1, 0.15) is 55.3 Å². The predicted molar refractivity (Wildman–Crippen MR) is 93.5 cm³/mol. The lowest BCUT2D eigenvalue weighted by atomic mass is 10.0. The summed E-state index contributed by atoms with van der Waals surface area (Å²) < 4.78 is 16.5. The second kappa shape index (κ2) is 7.64. The van der Waals surface area contributed by atoms with E-state index in [-0.39, 0.29) is 25.2 Å². The molecule has 1 aliphatic rings. The van der Waals surface area contributed by atoms with E-state index >= 15 is 0 Å². The van der Waals surface area contributed by atoms with Gasteiger partial charge in [0.2, 0.25) is 0 Å². The van der Waals surface area contributed by atoms with Gasteiger partial charge in [0.15, 0.2) is 0 Å². The highest BCUT2D eigenvalue weighted by molar-refractivity contribution is 6.21. The molecule has 1 aromatic rings. The molecule has 0 fully saturated rings. The molecule has 0 spiro atoms. The van der Waals surface area contributed by atoms with Crippen LogP contribution in [0.2, 0.25) is 0 Å². The molecule has 2 amide bonds. The minimum atomic E-state index is -0.773. The highest BCUT2D eigenvalue weighted by Crippen LogP contribution is 2.30. The van der Waals surface area contributed by atoms with E-state index in [1.54, 1.807) is 24.3 Å². The molecule has 0 unspecified atom stereocenters. The third kappa shape index (κ3) is 4.45. The molecule has 1 heterocycles. The Bertz CT molecular complexity index is 603. The smallest absolute Gasteiger partial charge is 0.262 e. The molecule has 138 valence electrons. The van der Waals surface area contributed by atoms with Gasteiger partial charge in [-0.3, -0.25) is 14.5 Å². The van der Waals surface area contributed by atoms with Crippen molar-refractivity contribution in [3.8, 4) is 0 Å². The largest absolute Gasteiger partial charge is 0.371 e. The van der Waals surface area contributed by atoms with Gasteiger partial charge in [-0.05, 0) is 46.8 Å². The molecule has 6 nitrogen and oxygen atoms in total. The number of hydrogen-bond acceptors (Lipinski definition) is 5. The van der Waals surface area contributed by atoms with Crippen LogP contribution in [0, 0.1) is 0 Å². The van der Waals surface area contributed by atoms with Crippen LogP contribution in [-0.2, 0) is 14.2 Å². The Hall–Kier alpha value is -1.76. The van der Waals surface area contributed by atoms with E-state index in [4.69, 9.17) is 14.2 Å². The highest BCUT2D eigenvalue weighted by Gasteiger charge is 2.44. The van der Waals surface area contributed by atoms with Crippen LogP contribution >= 0.6 is 0 Å². The summed E-state index contributed by atoms with van der Waals surface area (Å²) in [5.41, 5.74) is -0.447. The van der Waals surface area contributed by atoms with Crippen LogP contribution in [0.25, 0.3) is 0 Å². The summed E-state index contributed by atoms with van der Waals surface area (Å²) in [6.45, 7) is 10.7. The maximum atomic E-state index is 12.6. The van der Waals surface area contributed by atoms with Gasteiger partial charge in [0, 0.05) is 6.61 Å². The van der Waals surface area contributed by atoms with Gasteiger partial charge < -0.3 is 14.2 Å². The molecule has 0 atom stereocenters. The molecule has 0 aliphatic carbocycles. The summed E-state index contributed by atoms with van der Waals surface area (Å²) in [6, 6.07) is 6.88. The number of rotatable bonds is 9. The second-order valence-corrected chi connectivity index (χ2v) is 7.31. The lowest BCUT2D eigenvalue weighted by Crippen LogP contribution is -2.52. The van der Waals surface area contributed by atoms with E-state index < -0.39 is 11.1 Å². The lowest BCUT2D eigenvalue weighted by molar-refractivity contribution is -0.133. The van der Waals surface area contributed by atoms with Crippen molar-refractivity contribution in [1.29, 1.82) is 0 Å². The molecule has 6 heteroatoms. The van der Waals surface area contributed by atoms with Gasteiger partial charge in [0.25, 0.3) is 11.8 Å². The fraction of sp³-hybridized carbons (Fsp3) is 0.579. The number of fused-ring (bicyclic) bond motifs is 1. The number of carbonyl (C=O) groups excluding carboxylic acids is 2. The van der Waals surface area contributed by atoms with Gasteiger partial charge in [-0.15, -0.1) is 0 Å². The Morgan fingerprint density at radius 3 is 2.00 bits per heavy atom. The molecule has 1 aromatic carbocycles. The Labute approximate surface area is 149 Å². The average molecular weight is 349 g/mol. The first kappa shape index (κ1) is 19.6. The van der Waals surface area contributed by atoms with Crippen LogP contribution in [0.5, 0.6) is 0 Å². The summed E-state index contributed by atoms with van der Waals surface area (Å²) in [5.74, 6) is -0.556. The fourth-order valence-corrected chi connectivity index (χ4v) is 2.65. The molecule has 0 radical (unpaired) electrons. The third-order valence-electron chi connectivity index (χ3n) is 4.04. The molecular formula is C19H27NO5. The van der Waals surface area contributed by atoms with E-state index in [2.05, 4.69) is 0 Å². The summed E-state index contributed by atoms with van der Waals surface area (Å²) in [7, 11) is 0. The SMILES string of the molecule is CCOCOCC(C)(C)OCC(C)(C)N1C(=O)c2ccccc2C1=O. The Morgan fingerprint density at radius 2 is 1.48 bits per heavy atom. The number of carbonyl (C=O) groups is 2. The number of nitrogens with zero attached hydrogens (tertiary/aromatic N) is 1. The van der Waals surface area contributed by atoms with Gasteiger partial charge in [-0.2, -0.15) is 0 Å². The first-order valence-electron chi connectivity index (χ1n) is 8.47. The molecule has 0 saturated carbocycles. The number of ether oxygens (including phenoxy) is 3. The van der Waals surface area contributed by atoms with Crippen molar-refractivity contribution in [3.63, 3.8) is 0 Å². The highest BCUT2D eigenvalue weighted by atomic mass is 16.7. The van der Waals surface area contributed by atoms with Gasteiger partial charge in [0.05, 0.1) is 35.5 Å². The second-order valence-electron chi connectivity index (χ2n) is 7.31. The van der Waals surface area contributed by atoms with E-state index in [9.17, 15) is 9.59 Å². The van der Waals surface area contributed by atoms with Crippen molar-refractivity contribution in [2.24, 2.45) is 0 Å². The van der Waals surface area contributed by atoms with Crippen LogP contribution in [-0.4, -0.2) is 54.5 Å². The quantitative estimate of drug-likeness (QED) is 0.390. The third-order valence-corrected chi connectivity index (χ3v) is 4.04. The minimum Gasteiger partial charge on any atom is -0.371 e. The minimum absolute atomic E-state index is 0.212. The van der Waals surface area contributed by atoms with Crippen molar-refractivity contribution in [2.75, 3.05) is 26.6 Å². The number of amides is 2. The van der Waals surface area contributed by atoms with Crippen molar-refractivity contribution in [2.45, 2.75) is 45.8 Å². The molecule has 2 rings (SSSR count). The standard InChI is InChI=1S/C19H27NO5/c1-6-23-13-24-12-19(4,5)25-11-18(2,3)20-16(21)14-9-7-8-10-15(14)17(20)22/h7-10H,6,11-13H2,1-5H3. The Morgan fingerprint density at radius 1 is 0.920 bits per heavy atom. The summed E-state index contributed by atoms with van der Waals surface area (Å²) in [6.07, 6.45) is 0. The summed E-state index contributed by atoms with van der Waals surface area (Å²) in [4.78, 5) is 26.5. The monoisotopic (exact) mass is 349 g/mol. The zero-order valence-electron chi connectivity index (χ0n) is 15.6. The zero-order valence-corrected chi connectivity index (χ0v) is 15.6. The van der Waals surface area contributed by atoms with Gasteiger partial charge >= 0.3 is 0 Å². The maximum Gasteiger partial charge on any atom is 0.262 e. The number of hydrogen-bond donors (Lipinski definition) is 0. The zero-order chi connectivity index (χ0) is 18.7. The van der Waals surface area contributed by atoms with Crippen molar-refractivity contribution >= 4 is 11.8 Å². The summed E-state index contributed by atoms with van der Waals surface area (Å²) >= 11 is 0. The molecule has 0 N–H and O–H groups in total. The van der Waals surface area contributed by atoms with E-state index in [1.165, 1.54) is 4.90 Å². The summed E-state index contributed by atoms with van der Waals surface area (Å²) in [5, 5.41) is 0.